The van der Waals surface area contributed by atoms with Gasteiger partial charge in [-0.3, -0.25) is 0 Å². The molecule has 0 saturated carbocycles. The molecule has 0 N–H and O–H groups in total. The molecule has 10 aromatic rings. The van der Waals surface area contributed by atoms with Crippen LogP contribution in [-0.2, 0) is 0 Å². The number of rotatable bonds is 17. The van der Waals surface area contributed by atoms with E-state index in [1.807, 2.05) is 0 Å². The van der Waals surface area contributed by atoms with E-state index in [1.54, 1.807) is 0 Å². The average Bonchev–Trinajstić information content (AvgIpc) is 3.97. The third kappa shape index (κ3) is 8.31. The standard InChI is InChI=1S/C61H65N2OP/c1-6-7-16-34-60(2,3)41-53(61(4,5)35-17-8-9-18-36-65)44-20-19-21-45(37-44)62-56-27-15-12-24-49(56)50-38-42(28-31-57(50)62)43-29-32-58-51(39-43)52-40-46(30-33-59(52)64-58)63-54-25-13-10-22-47(54)48-23-11-14-26-55(48)63/h10-15,19-33,37-40,53H,6-9,16-18,34-36,41,65H2,1-5H3. The summed E-state index contributed by atoms with van der Waals surface area (Å²) in [5.41, 5.74) is 13.4. The highest BCUT2D eigenvalue weighted by Gasteiger charge is 2.35. The summed E-state index contributed by atoms with van der Waals surface area (Å²) in [7, 11) is 2.91. The summed E-state index contributed by atoms with van der Waals surface area (Å²) < 4.78 is 11.4. The second-order valence-electron chi connectivity index (χ2n) is 20.4. The highest BCUT2D eigenvalue weighted by molar-refractivity contribution is 7.16. The first kappa shape index (κ1) is 43.3. The van der Waals surface area contributed by atoms with E-state index in [0.29, 0.717) is 5.92 Å². The zero-order valence-electron chi connectivity index (χ0n) is 39.2. The molecule has 0 amide bonds. The molecule has 2 unspecified atom stereocenters. The van der Waals surface area contributed by atoms with E-state index >= 15 is 0 Å². The Morgan fingerprint density at radius 2 is 1.02 bits per heavy atom. The number of nitrogens with zero attached hydrogens (tertiary/aromatic N) is 2. The lowest BCUT2D eigenvalue weighted by molar-refractivity contribution is 0.172. The summed E-state index contributed by atoms with van der Waals surface area (Å²) in [6.07, 6.45) is 14.1. The van der Waals surface area contributed by atoms with E-state index in [-0.39, 0.29) is 10.8 Å². The molecular formula is C61H65N2OP. The number of aromatic nitrogens is 2. The Labute approximate surface area is 388 Å². The van der Waals surface area contributed by atoms with Gasteiger partial charge >= 0.3 is 0 Å². The number of para-hydroxylation sites is 3. The van der Waals surface area contributed by atoms with Crippen LogP contribution in [0, 0.1) is 10.8 Å². The van der Waals surface area contributed by atoms with Gasteiger partial charge < -0.3 is 13.6 Å². The lowest BCUT2D eigenvalue weighted by atomic mass is 9.65. The average molecular weight is 873 g/mol. The molecule has 4 heteroatoms. The maximum absolute atomic E-state index is 6.49. The van der Waals surface area contributed by atoms with Crippen LogP contribution in [0.15, 0.2) is 156 Å². The molecule has 10 rings (SSSR count). The van der Waals surface area contributed by atoms with Crippen LogP contribution >= 0.6 is 9.24 Å². The van der Waals surface area contributed by atoms with Crippen LogP contribution in [0.2, 0.25) is 0 Å². The van der Waals surface area contributed by atoms with Crippen LogP contribution in [0.1, 0.15) is 110 Å². The lowest BCUT2D eigenvalue weighted by Crippen LogP contribution is -2.28. The van der Waals surface area contributed by atoms with Gasteiger partial charge in [-0.25, -0.2) is 0 Å². The molecule has 3 heterocycles. The molecule has 0 fully saturated rings. The number of furan rings is 1. The first-order chi connectivity index (χ1) is 31.6. The smallest absolute Gasteiger partial charge is 0.135 e. The van der Waals surface area contributed by atoms with Gasteiger partial charge in [0.25, 0.3) is 0 Å². The maximum Gasteiger partial charge on any atom is 0.135 e. The van der Waals surface area contributed by atoms with E-state index in [1.165, 1.54) is 136 Å². The number of hydrogen-bond donors (Lipinski definition) is 0. The van der Waals surface area contributed by atoms with Crippen LogP contribution in [0.4, 0.5) is 0 Å². The number of fused-ring (bicyclic) bond motifs is 9. The van der Waals surface area contributed by atoms with Crippen LogP contribution in [-0.4, -0.2) is 15.3 Å². The molecule has 0 aliphatic carbocycles. The Bertz CT molecular complexity index is 3250. The van der Waals surface area contributed by atoms with E-state index in [2.05, 4.69) is 205 Å². The van der Waals surface area contributed by atoms with Gasteiger partial charge in [0.15, 0.2) is 0 Å². The topological polar surface area (TPSA) is 23.0 Å². The minimum absolute atomic E-state index is 0.186. The molecule has 0 radical (unpaired) electrons. The molecule has 3 aromatic heterocycles. The van der Waals surface area contributed by atoms with Crippen LogP contribution in [0.3, 0.4) is 0 Å². The fourth-order valence-corrected chi connectivity index (χ4v) is 11.5. The van der Waals surface area contributed by atoms with Crippen molar-refractivity contribution in [3.8, 4) is 22.5 Å². The summed E-state index contributed by atoms with van der Waals surface area (Å²) in [4.78, 5) is 0. The Morgan fingerprint density at radius 3 is 1.68 bits per heavy atom. The largest absolute Gasteiger partial charge is 0.456 e. The molecule has 2 atom stereocenters. The van der Waals surface area contributed by atoms with Crippen molar-refractivity contribution >= 4 is 74.8 Å². The summed E-state index contributed by atoms with van der Waals surface area (Å²) in [5, 5.41) is 7.33. The van der Waals surface area contributed by atoms with Crippen molar-refractivity contribution in [2.75, 3.05) is 6.16 Å². The van der Waals surface area contributed by atoms with Crippen LogP contribution in [0.25, 0.3) is 88.1 Å². The van der Waals surface area contributed by atoms with Gasteiger partial charge in [-0.15, -0.1) is 9.24 Å². The number of hydrogen-bond acceptors (Lipinski definition) is 1. The molecule has 0 bridgehead atoms. The highest BCUT2D eigenvalue weighted by atomic mass is 31.0. The van der Waals surface area contributed by atoms with Crippen LogP contribution < -0.4 is 0 Å². The second-order valence-corrected chi connectivity index (χ2v) is 20.9. The zero-order chi connectivity index (χ0) is 44.7. The maximum atomic E-state index is 6.49. The minimum atomic E-state index is 0.186. The third-order valence-electron chi connectivity index (χ3n) is 14.8. The van der Waals surface area contributed by atoms with Gasteiger partial charge in [-0.05, 0) is 138 Å². The molecular weight excluding hydrogens is 808 g/mol. The van der Waals surface area contributed by atoms with Crippen molar-refractivity contribution in [3.05, 3.63) is 157 Å². The Morgan fingerprint density at radius 1 is 0.477 bits per heavy atom. The van der Waals surface area contributed by atoms with Crippen molar-refractivity contribution < 1.29 is 4.42 Å². The predicted molar refractivity (Wildman–Crippen MR) is 285 cm³/mol. The van der Waals surface area contributed by atoms with Crippen molar-refractivity contribution in [2.45, 2.75) is 105 Å². The second kappa shape index (κ2) is 18.0. The number of unbranched alkanes of at least 4 members (excludes halogenated alkanes) is 5. The van der Waals surface area contributed by atoms with E-state index in [4.69, 9.17) is 4.42 Å². The van der Waals surface area contributed by atoms with Crippen molar-refractivity contribution in [2.24, 2.45) is 10.8 Å². The van der Waals surface area contributed by atoms with Crippen molar-refractivity contribution in [1.82, 2.24) is 9.13 Å². The SMILES string of the molecule is CCCCCC(C)(C)CC(c1cccc(-n2c3ccccc3c3cc(-c4ccc5oc6ccc(-n7c8ccccc8c8ccccc87)cc6c5c4)ccc32)c1)C(C)(C)CCCCCCP. The highest BCUT2D eigenvalue weighted by Crippen LogP contribution is 2.49. The predicted octanol–water partition coefficient (Wildman–Crippen LogP) is 18.4. The molecule has 330 valence electrons. The van der Waals surface area contributed by atoms with Gasteiger partial charge in [0, 0.05) is 43.7 Å². The van der Waals surface area contributed by atoms with Gasteiger partial charge in [-0.2, -0.15) is 0 Å². The van der Waals surface area contributed by atoms with Gasteiger partial charge in [-0.1, -0.05) is 152 Å². The monoisotopic (exact) mass is 872 g/mol. The molecule has 65 heavy (non-hydrogen) atoms. The zero-order valence-corrected chi connectivity index (χ0v) is 40.3. The summed E-state index contributed by atoms with van der Waals surface area (Å²) in [6, 6.07) is 56.4. The van der Waals surface area contributed by atoms with Gasteiger partial charge in [0.2, 0.25) is 0 Å². The van der Waals surface area contributed by atoms with E-state index in [0.717, 1.165) is 27.6 Å². The first-order valence-corrected chi connectivity index (χ1v) is 25.2. The Balaban J connectivity index is 1.03. The first-order valence-electron chi connectivity index (χ1n) is 24.4. The van der Waals surface area contributed by atoms with Crippen LogP contribution in [0.5, 0.6) is 0 Å². The number of benzene rings is 7. The summed E-state index contributed by atoms with van der Waals surface area (Å²) in [6.45, 7) is 12.5. The fourth-order valence-electron chi connectivity index (χ4n) is 11.2. The van der Waals surface area contributed by atoms with E-state index < -0.39 is 0 Å². The normalized spacial score (nSPS) is 13.1. The third-order valence-corrected chi connectivity index (χ3v) is 15.2. The Hall–Kier alpha value is -5.63. The quantitative estimate of drug-likeness (QED) is 0.0660. The Kier molecular flexibility index (Phi) is 12.0. The molecule has 0 spiro atoms. The van der Waals surface area contributed by atoms with Crippen molar-refractivity contribution in [3.63, 3.8) is 0 Å². The molecule has 7 aromatic carbocycles. The fraction of sp³-hybridized carbons (Fsp3) is 0.311. The van der Waals surface area contributed by atoms with E-state index in [9.17, 15) is 0 Å². The molecule has 3 nitrogen and oxygen atoms in total. The molecule has 0 aliphatic heterocycles. The summed E-state index contributed by atoms with van der Waals surface area (Å²) >= 11 is 0. The van der Waals surface area contributed by atoms with Crippen molar-refractivity contribution in [1.29, 1.82) is 0 Å². The van der Waals surface area contributed by atoms with Gasteiger partial charge in [0.1, 0.15) is 11.2 Å². The molecule has 0 aliphatic rings. The molecule has 0 saturated heterocycles. The van der Waals surface area contributed by atoms with Gasteiger partial charge in [0.05, 0.1) is 22.1 Å². The summed E-state index contributed by atoms with van der Waals surface area (Å²) in [5.74, 6) is 0.465. The minimum Gasteiger partial charge on any atom is -0.456 e. The lowest BCUT2D eigenvalue weighted by Gasteiger charge is -2.40.